The number of likely N-dealkylation sites (N-methyl/N-ethyl adjacent to an activating group) is 1. The molecule has 1 unspecified atom stereocenters. The van der Waals surface area contributed by atoms with Gasteiger partial charge in [0.1, 0.15) is 0 Å². The van der Waals surface area contributed by atoms with Crippen molar-refractivity contribution in [3.05, 3.63) is 0 Å². The Morgan fingerprint density at radius 3 is 2.26 bits per heavy atom. The van der Waals surface area contributed by atoms with Crippen molar-refractivity contribution >= 4 is 0 Å². The Hall–Kier alpha value is -0.160. The first kappa shape index (κ1) is 15.2. The van der Waals surface area contributed by atoms with Gasteiger partial charge in [-0.2, -0.15) is 0 Å². The van der Waals surface area contributed by atoms with Crippen LogP contribution in [0.4, 0.5) is 0 Å². The zero-order valence-corrected chi connectivity index (χ0v) is 13.2. The van der Waals surface area contributed by atoms with Gasteiger partial charge in [0.2, 0.25) is 0 Å². The molecule has 0 aromatic heterocycles. The second kappa shape index (κ2) is 6.08. The van der Waals surface area contributed by atoms with Crippen molar-refractivity contribution in [1.82, 2.24) is 14.7 Å². The molecule has 2 heterocycles. The average Bonchev–Trinajstić information content (AvgIpc) is 2.42. The van der Waals surface area contributed by atoms with E-state index in [-0.39, 0.29) is 5.54 Å². The minimum Gasteiger partial charge on any atom is -0.329 e. The molecule has 0 aromatic rings. The predicted octanol–water partition coefficient (Wildman–Crippen LogP) is 0.824. The lowest BCUT2D eigenvalue weighted by Crippen LogP contribution is -2.65. The number of rotatable bonds is 3. The smallest absolute Gasteiger partial charge is 0.0357 e. The molecule has 2 saturated heterocycles. The van der Waals surface area contributed by atoms with Gasteiger partial charge in [-0.25, -0.2) is 0 Å². The number of hydrogen-bond acceptors (Lipinski definition) is 4. The second-order valence-electron chi connectivity index (χ2n) is 6.83. The SMILES string of the molecule is CC1CN(C2(CN)CCN(C(C)C)CC2)CCN1C. The highest BCUT2D eigenvalue weighted by atomic mass is 15.3. The van der Waals surface area contributed by atoms with Crippen LogP contribution in [0.25, 0.3) is 0 Å². The Balaban J connectivity index is 2.00. The number of piperidine rings is 1. The Labute approximate surface area is 118 Å². The van der Waals surface area contributed by atoms with E-state index in [2.05, 4.69) is 42.5 Å². The summed E-state index contributed by atoms with van der Waals surface area (Å²) in [6, 6.07) is 1.32. The van der Waals surface area contributed by atoms with Gasteiger partial charge in [0, 0.05) is 56.9 Å². The summed E-state index contributed by atoms with van der Waals surface area (Å²) >= 11 is 0. The van der Waals surface area contributed by atoms with E-state index in [0.717, 1.165) is 6.54 Å². The van der Waals surface area contributed by atoms with Gasteiger partial charge in [0.25, 0.3) is 0 Å². The lowest BCUT2D eigenvalue weighted by molar-refractivity contribution is -0.0226. The molecule has 112 valence electrons. The van der Waals surface area contributed by atoms with Crippen LogP contribution in [0.15, 0.2) is 0 Å². The first-order valence-corrected chi connectivity index (χ1v) is 7.88. The highest BCUT2D eigenvalue weighted by Crippen LogP contribution is 2.30. The fourth-order valence-electron chi connectivity index (χ4n) is 3.59. The molecule has 0 saturated carbocycles. The van der Waals surface area contributed by atoms with Crippen LogP contribution >= 0.6 is 0 Å². The largest absolute Gasteiger partial charge is 0.329 e. The molecule has 2 aliphatic rings. The summed E-state index contributed by atoms with van der Waals surface area (Å²) in [5.41, 5.74) is 6.46. The molecule has 4 heteroatoms. The summed E-state index contributed by atoms with van der Waals surface area (Å²) in [5, 5.41) is 0. The molecule has 0 amide bonds. The monoisotopic (exact) mass is 268 g/mol. The van der Waals surface area contributed by atoms with E-state index in [1.807, 2.05) is 0 Å². The third kappa shape index (κ3) is 3.13. The van der Waals surface area contributed by atoms with Crippen LogP contribution in [0.3, 0.4) is 0 Å². The van der Waals surface area contributed by atoms with Gasteiger partial charge < -0.3 is 15.5 Å². The normalized spacial score (nSPS) is 30.9. The summed E-state index contributed by atoms with van der Waals surface area (Å²) in [4.78, 5) is 7.74. The molecule has 0 spiro atoms. The van der Waals surface area contributed by atoms with Gasteiger partial charge in [-0.1, -0.05) is 0 Å². The van der Waals surface area contributed by atoms with Crippen LogP contribution < -0.4 is 5.73 Å². The fraction of sp³-hybridized carbons (Fsp3) is 1.00. The molecule has 4 nitrogen and oxygen atoms in total. The van der Waals surface area contributed by atoms with Crippen molar-refractivity contribution in [3.8, 4) is 0 Å². The zero-order valence-electron chi connectivity index (χ0n) is 13.2. The Bertz CT molecular complexity index is 284. The summed E-state index contributed by atoms with van der Waals surface area (Å²) in [7, 11) is 2.23. The van der Waals surface area contributed by atoms with Crippen molar-refractivity contribution in [2.24, 2.45) is 5.73 Å². The van der Waals surface area contributed by atoms with E-state index in [0.29, 0.717) is 12.1 Å². The van der Waals surface area contributed by atoms with E-state index >= 15 is 0 Å². The van der Waals surface area contributed by atoms with Crippen molar-refractivity contribution in [3.63, 3.8) is 0 Å². The predicted molar refractivity (Wildman–Crippen MR) is 81.4 cm³/mol. The first-order chi connectivity index (χ1) is 8.98. The zero-order chi connectivity index (χ0) is 14.0. The minimum absolute atomic E-state index is 0.265. The number of piperazine rings is 1. The van der Waals surface area contributed by atoms with Gasteiger partial charge in [-0.15, -0.1) is 0 Å². The lowest BCUT2D eigenvalue weighted by atomic mass is 9.84. The van der Waals surface area contributed by atoms with Crippen LogP contribution in [-0.2, 0) is 0 Å². The molecule has 0 radical (unpaired) electrons. The quantitative estimate of drug-likeness (QED) is 0.822. The van der Waals surface area contributed by atoms with Crippen molar-refractivity contribution in [1.29, 1.82) is 0 Å². The topological polar surface area (TPSA) is 35.7 Å². The summed E-state index contributed by atoms with van der Waals surface area (Å²) in [5.74, 6) is 0. The maximum Gasteiger partial charge on any atom is 0.0357 e. The Kier molecular flexibility index (Phi) is 4.88. The van der Waals surface area contributed by atoms with Gasteiger partial charge in [-0.05, 0) is 40.7 Å². The number of nitrogens with two attached hydrogens (primary N) is 1. The van der Waals surface area contributed by atoms with Crippen molar-refractivity contribution in [2.45, 2.75) is 51.2 Å². The molecule has 19 heavy (non-hydrogen) atoms. The van der Waals surface area contributed by atoms with Gasteiger partial charge >= 0.3 is 0 Å². The maximum absolute atomic E-state index is 6.20. The van der Waals surface area contributed by atoms with E-state index < -0.39 is 0 Å². The Morgan fingerprint density at radius 2 is 1.79 bits per heavy atom. The minimum atomic E-state index is 0.265. The second-order valence-corrected chi connectivity index (χ2v) is 6.83. The molecule has 2 N–H and O–H groups in total. The van der Waals surface area contributed by atoms with E-state index in [9.17, 15) is 0 Å². The molecule has 0 bridgehead atoms. The molecule has 2 aliphatic heterocycles. The van der Waals surface area contributed by atoms with Gasteiger partial charge in [0.15, 0.2) is 0 Å². The van der Waals surface area contributed by atoms with Gasteiger partial charge in [0.05, 0.1) is 0 Å². The third-order valence-electron chi connectivity index (χ3n) is 5.47. The lowest BCUT2D eigenvalue weighted by Gasteiger charge is -2.52. The van der Waals surface area contributed by atoms with Crippen LogP contribution in [-0.4, -0.2) is 78.6 Å². The maximum atomic E-state index is 6.20. The molecular formula is C15H32N4. The number of likely N-dealkylation sites (tertiary alicyclic amines) is 1. The average molecular weight is 268 g/mol. The van der Waals surface area contributed by atoms with Crippen LogP contribution in [0, 0.1) is 0 Å². The van der Waals surface area contributed by atoms with E-state index in [1.54, 1.807) is 0 Å². The van der Waals surface area contributed by atoms with Gasteiger partial charge in [-0.3, -0.25) is 4.90 Å². The highest BCUT2D eigenvalue weighted by Gasteiger charge is 2.41. The third-order valence-corrected chi connectivity index (χ3v) is 5.47. The van der Waals surface area contributed by atoms with E-state index in [1.165, 1.54) is 45.6 Å². The Morgan fingerprint density at radius 1 is 1.16 bits per heavy atom. The standard InChI is InChI=1S/C15H32N4/c1-13(2)18-7-5-15(12-16,6-8-18)19-10-9-17(4)14(3)11-19/h13-14H,5-12,16H2,1-4H3. The molecule has 0 aromatic carbocycles. The van der Waals surface area contributed by atoms with E-state index in [4.69, 9.17) is 5.73 Å². The van der Waals surface area contributed by atoms with Crippen molar-refractivity contribution < 1.29 is 0 Å². The van der Waals surface area contributed by atoms with Crippen molar-refractivity contribution in [2.75, 3.05) is 46.3 Å². The summed E-state index contributed by atoms with van der Waals surface area (Å²) in [6.07, 6.45) is 2.47. The highest BCUT2D eigenvalue weighted by molar-refractivity contribution is 4.99. The molecule has 2 rings (SSSR count). The van der Waals surface area contributed by atoms with Crippen LogP contribution in [0.2, 0.25) is 0 Å². The first-order valence-electron chi connectivity index (χ1n) is 7.88. The number of nitrogens with zero attached hydrogens (tertiary/aromatic N) is 3. The summed E-state index contributed by atoms with van der Waals surface area (Å²) in [6.45, 7) is 13.7. The fourth-order valence-corrected chi connectivity index (χ4v) is 3.59. The molecule has 1 atom stereocenters. The van der Waals surface area contributed by atoms with Crippen LogP contribution in [0.5, 0.6) is 0 Å². The molecule has 2 fully saturated rings. The van der Waals surface area contributed by atoms with Crippen LogP contribution in [0.1, 0.15) is 33.6 Å². The molecule has 0 aliphatic carbocycles. The molecular weight excluding hydrogens is 236 g/mol. The number of hydrogen-bond donors (Lipinski definition) is 1. The summed E-state index contributed by atoms with van der Waals surface area (Å²) < 4.78 is 0.